The SMILES string of the molecule is COC(=O)c1ccc(NC(=O)CCN(C)CCc2ccncc2)cc1. The van der Waals surface area contributed by atoms with E-state index in [2.05, 4.69) is 19.9 Å². The summed E-state index contributed by atoms with van der Waals surface area (Å²) >= 11 is 0. The highest BCUT2D eigenvalue weighted by Crippen LogP contribution is 2.11. The summed E-state index contributed by atoms with van der Waals surface area (Å²) in [5.74, 6) is -0.449. The van der Waals surface area contributed by atoms with Crippen LogP contribution in [0.5, 0.6) is 0 Å². The van der Waals surface area contributed by atoms with Crippen molar-refractivity contribution < 1.29 is 14.3 Å². The number of anilines is 1. The number of hydrogen-bond acceptors (Lipinski definition) is 5. The molecule has 2 aromatic rings. The molecule has 0 bridgehead atoms. The number of likely N-dealkylation sites (N-methyl/N-ethyl adjacent to an activating group) is 1. The zero-order chi connectivity index (χ0) is 18.1. The largest absolute Gasteiger partial charge is 0.465 e. The monoisotopic (exact) mass is 341 g/mol. The standard InChI is InChI=1S/C19H23N3O3/c1-22(13-9-15-7-11-20-12-8-15)14-10-18(23)21-17-5-3-16(4-6-17)19(24)25-2/h3-8,11-12H,9-10,13-14H2,1-2H3,(H,21,23). The van der Waals surface area contributed by atoms with Crippen molar-refractivity contribution in [2.24, 2.45) is 0 Å². The van der Waals surface area contributed by atoms with Crippen molar-refractivity contribution >= 4 is 17.6 Å². The zero-order valence-corrected chi connectivity index (χ0v) is 14.6. The van der Waals surface area contributed by atoms with E-state index in [1.807, 2.05) is 19.2 Å². The van der Waals surface area contributed by atoms with Gasteiger partial charge in [0.15, 0.2) is 0 Å². The first-order valence-electron chi connectivity index (χ1n) is 8.14. The number of amides is 1. The number of carbonyl (C=O) groups excluding carboxylic acids is 2. The molecule has 132 valence electrons. The first kappa shape index (κ1) is 18.6. The van der Waals surface area contributed by atoms with E-state index in [0.29, 0.717) is 24.2 Å². The number of hydrogen-bond donors (Lipinski definition) is 1. The van der Waals surface area contributed by atoms with Gasteiger partial charge in [0.1, 0.15) is 0 Å². The lowest BCUT2D eigenvalue weighted by atomic mass is 10.2. The Hall–Kier alpha value is -2.73. The van der Waals surface area contributed by atoms with Crippen molar-refractivity contribution in [1.29, 1.82) is 0 Å². The van der Waals surface area contributed by atoms with E-state index in [0.717, 1.165) is 13.0 Å². The van der Waals surface area contributed by atoms with Gasteiger partial charge in [-0.05, 0) is 55.4 Å². The number of methoxy groups -OCH3 is 1. The van der Waals surface area contributed by atoms with E-state index in [-0.39, 0.29) is 5.91 Å². The second kappa shape index (κ2) is 9.54. The average Bonchev–Trinajstić information content (AvgIpc) is 2.65. The van der Waals surface area contributed by atoms with Crippen LogP contribution in [0.2, 0.25) is 0 Å². The first-order chi connectivity index (χ1) is 12.1. The van der Waals surface area contributed by atoms with Crippen LogP contribution < -0.4 is 5.32 Å². The molecule has 1 aromatic heterocycles. The van der Waals surface area contributed by atoms with Crippen LogP contribution in [0.15, 0.2) is 48.8 Å². The molecule has 1 aromatic carbocycles. The molecule has 0 atom stereocenters. The highest BCUT2D eigenvalue weighted by Gasteiger charge is 2.08. The molecule has 0 saturated carbocycles. The summed E-state index contributed by atoms with van der Waals surface area (Å²) in [5.41, 5.74) is 2.35. The molecule has 0 saturated heterocycles. The van der Waals surface area contributed by atoms with Crippen molar-refractivity contribution in [3.63, 3.8) is 0 Å². The summed E-state index contributed by atoms with van der Waals surface area (Å²) < 4.78 is 4.64. The van der Waals surface area contributed by atoms with Crippen LogP contribution >= 0.6 is 0 Å². The predicted molar refractivity (Wildman–Crippen MR) is 96.5 cm³/mol. The second-order valence-corrected chi connectivity index (χ2v) is 5.78. The molecule has 0 aliphatic heterocycles. The lowest BCUT2D eigenvalue weighted by Gasteiger charge is -2.16. The van der Waals surface area contributed by atoms with Crippen molar-refractivity contribution in [1.82, 2.24) is 9.88 Å². The molecule has 0 aliphatic rings. The maximum Gasteiger partial charge on any atom is 0.337 e. The van der Waals surface area contributed by atoms with Crippen LogP contribution in [0.25, 0.3) is 0 Å². The molecule has 6 heteroatoms. The number of esters is 1. The van der Waals surface area contributed by atoms with E-state index < -0.39 is 5.97 Å². The van der Waals surface area contributed by atoms with Gasteiger partial charge >= 0.3 is 5.97 Å². The normalized spacial score (nSPS) is 10.5. The van der Waals surface area contributed by atoms with Crippen LogP contribution in [-0.2, 0) is 16.0 Å². The van der Waals surface area contributed by atoms with Crippen molar-refractivity contribution in [3.8, 4) is 0 Å². The molecule has 0 fully saturated rings. The number of nitrogens with zero attached hydrogens (tertiary/aromatic N) is 2. The highest BCUT2D eigenvalue weighted by molar-refractivity contribution is 5.93. The van der Waals surface area contributed by atoms with Crippen LogP contribution in [0.4, 0.5) is 5.69 Å². The third-order valence-electron chi connectivity index (χ3n) is 3.84. The fourth-order valence-electron chi connectivity index (χ4n) is 2.30. The topological polar surface area (TPSA) is 71.5 Å². The number of rotatable bonds is 8. The van der Waals surface area contributed by atoms with Gasteiger partial charge in [0.2, 0.25) is 5.91 Å². The van der Waals surface area contributed by atoms with E-state index in [1.165, 1.54) is 12.7 Å². The van der Waals surface area contributed by atoms with Gasteiger partial charge in [-0.15, -0.1) is 0 Å². The Morgan fingerprint density at radius 2 is 1.76 bits per heavy atom. The van der Waals surface area contributed by atoms with Crippen LogP contribution in [0, 0.1) is 0 Å². The van der Waals surface area contributed by atoms with E-state index in [1.54, 1.807) is 36.7 Å². The van der Waals surface area contributed by atoms with E-state index in [4.69, 9.17) is 0 Å². The summed E-state index contributed by atoms with van der Waals surface area (Å²) in [7, 11) is 3.34. The number of ether oxygens (including phenoxy) is 1. The average molecular weight is 341 g/mol. The Labute approximate surface area is 147 Å². The number of nitrogens with one attached hydrogen (secondary N) is 1. The Morgan fingerprint density at radius 1 is 1.08 bits per heavy atom. The molecule has 2 rings (SSSR count). The van der Waals surface area contributed by atoms with Gasteiger partial charge in [0, 0.05) is 37.6 Å². The van der Waals surface area contributed by atoms with E-state index in [9.17, 15) is 9.59 Å². The Kier molecular flexibility index (Phi) is 7.10. The van der Waals surface area contributed by atoms with Crippen molar-refractivity contribution in [3.05, 3.63) is 59.9 Å². The minimum atomic E-state index is -0.395. The fourth-order valence-corrected chi connectivity index (χ4v) is 2.30. The first-order valence-corrected chi connectivity index (χ1v) is 8.14. The van der Waals surface area contributed by atoms with Gasteiger partial charge in [-0.2, -0.15) is 0 Å². The van der Waals surface area contributed by atoms with Gasteiger partial charge in [0.05, 0.1) is 12.7 Å². The van der Waals surface area contributed by atoms with Gasteiger partial charge in [-0.3, -0.25) is 9.78 Å². The molecule has 0 aliphatic carbocycles. The van der Waals surface area contributed by atoms with Crippen LogP contribution in [0.3, 0.4) is 0 Å². The molecular formula is C19H23N3O3. The van der Waals surface area contributed by atoms with Crippen LogP contribution in [0.1, 0.15) is 22.3 Å². The minimum Gasteiger partial charge on any atom is -0.465 e. The molecule has 0 spiro atoms. The quantitative estimate of drug-likeness (QED) is 0.747. The smallest absolute Gasteiger partial charge is 0.337 e. The summed E-state index contributed by atoms with van der Waals surface area (Å²) in [6.45, 7) is 1.56. The number of carbonyl (C=O) groups is 2. The van der Waals surface area contributed by atoms with Gasteiger partial charge in [-0.25, -0.2) is 4.79 Å². The predicted octanol–water partition coefficient (Wildman–Crippen LogP) is 2.37. The third-order valence-corrected chi connectivity index (χ3v) is 3.84. The molecule has 0 radical (unpaired) electrons. The van der Waals surface area contributed by atoms with Gasteiger partial charge in [-0.1, -0.05) is 0 Å². The lowest BCUT2D eigenvalue weighted by Crippen LogP contribution is -2.26. The molecule has 1 N–H and O–H groups in total. The summed E-state index contributed by atoms with van der Waals surface area (Å²) in [4.78, 5) is 29.5. The third kappa shape index (κ3) is 6.35. The van der Waals surface area contributed by atoms with E-state index >= 15 is 0 Å². The molecule has 1 amide bonds. The van der Waals surface area contributed by atoms with Gasteiger partial charge < -0.3 is 15.0 Å². The number of aromatic nitrogens is 1. The summed E-state index contributed by atoms with van der Waals surface area (Å²) in [5, 5.41) is 2.83. The number of pyridine rings is 1. The summed E-state index contributed by atoms with van der Waals surface area (Å²) in [6.07, 6.45) is 4.91. The molecule has 6 nitrogen and oxygen atoms in total. The van der Waals surface area contributed by atoms with Crippen molar-refractivity contribution in [2.45, 2.75) is 12.8 Å². The van der Waals surface area contributed by atoms with Crippen LogP contribution in [-0.4, -0.2) is 49.0 Å². The van der Waals surface area contributed by atoms with Crippen molar-refractivity contribution in [2.75, 3.05) is 32.6 Å². The van der Waals surface area contributed by atoms with Gasteiger partial charge in [0.25, 0.3) is 0 Å². The Bertz CT molecular complexity index is 687. The lowest BCUT2D eigenvalue weighted by molar-refractivity contribution is -0.116. The highest BCUT2D eigenvalue weighted by atomic mass is 16.5. The Balaban J connectivity index is 1.72. The Morgan fingerprint density at radius 3 is 2.40 bits per heavy atom. The summed E-state index contributed by atoms with van der Waals surface area (Å²) in [6, 6.07) is 10.6. The molecule has 1 heterocycles. The molecule has 0 unspecified atom stereocenters. The maximum absolute atomic E-state index is 12.0. The molecular weight excluding hydrogens is 318 g/mol. The zero-order valence-electron chi connectivity index (χ0n) is 14.6. The molecule has 25 heavy (non-hydrogen) atoms. The minimum absolute atomic E-state index is 0.0541. The number of benzene rings is 1. The second-order valence-electron chi connectivity index (χ2n) is 5.78. The fraction of sp³-hybridized carbons (Fsp3) is 0.316. The maximum atomic E-state index is 12.0.